The molecule has 4 aliphatic rings. The molecule has 1 unspecified atom stereocenters. The first-order valence-electron chi connectivity index (χ1n) is 12.5. The molecule has 1 aromatic carbocycles. The van der Waals surface area contributed by atoms with Gasteiger partial charge in [0.05, 0.1) is 31.3 Å². The monoisotopic (exact) mass is 514 g/mol. The molecule has 192 valence electrons. The van der Waals surface area contributed by atoms with Crippen molar-refractivity contribution < 1.29 is 29.0 Å². The summed E-state index contributed by atoms with van der Waals surface area (Å²) in [4.78, 5) is 44.7. The third kappa shape index (κ3) is 3.96. The van der Waals surface area contributed by atoms with Crippen molar-refractivity contribution in [2.45, 2.75) is 50.5 Å². The van der Waals surface area contributed by atoms with Gasteiger partial charge < -0.3 is 24.4 Å². The van der Waals surface area contributed by atoms with Crippen molar-refractivity contribution in [3.8, 4) is 0 Å². The smallest absolute Gasteiger partial charge is 0.312 e. The topological polar surface area (TPSA) is 96.4 Å². The zero-order chi connectivity index (χ0) is 25.6. The standard InChI is InChI=1S/C27H31ClN2O6/c1-16(2)14-19(15-31)30-23-25(33)29(18-9-7-17(28)8-10-18)12-5-11-27(23)22(24(30)32)21-20(36-27)6-3-4-13-35-26(21)34/h3,5-11,16,19-23,31H,4,12-15H2,1-2H3/t19-,20-,21+,22+,23?,27+/m1/s1. The van der Waals surface area contributed by atoms with Crippen molar-refractivity contribution in [2.24, 2.45) is 17.8 Å². The number of ether oxygens (including phenoxy) is 2. The Balaban J connectivity index is 1.64. The molecule has 36 heavy (non-hydrogen) atoms. The van der Waals surface area contributed by atoms with Crippen molar-refractivity contribution >= 4 is 35.1 Å². The number of carbonyl (C=O) groups is 3. The predicted molar refractivity (Wildman–Crippen MR) is 133 cm³/mol. The summed E-state index contributed by atoms with van der Waals surface area (Å²) in [7, 11) is 0. The predicted octanol–water partition coefficient (Wildman–Crippen LogP) is 2.73. The Morgan fingerprint density at radius 2 is 1.89 bits per heavy atom. The van der Waals surface area contributed by atoms with Crippen molar-refractivity contribution in [2.75, 3.05) is 24.7 Å². The highest BCUT2D eigenvalue weighted by atomic mass is 35.5. The normalized spacial score (nSPS) is 32.5. The van der Waals surface area contributed by atoms with Crippen LogP contribution in [0.2, 0.25) is 5.02 Å². The van der Waals surface area contributed by atoms with Gasteiger partial charge in [-0.05, 0) is 43.0 Å². The van der Waals surface area contributed by atoms with E-state index in [2.05, 4.69) is 0 Å². The molecule has 6 atom stereocenters. The largest absolute Gasteiger partial charge is 0.465 e. The molecule has 4 aliphatic heterocycles. The van der Waals surface area contributed by atoms with E-state index in [9.17, 15) is 19.5 Å². The van der Waals surface area contributed by atoms with Crippen LogP contribution < -0.4 is 4.90 Å². The number of likely N-dealkylation sites (tertiary alicyclic amines) is 1. The maximum absolute atomic E-state index is 14.3. The Hall–Kier alpha value is -2.68. The van der Waals surface area contributed by atoms with Gasteiger partial charge in [0, 0.05) is 17.3 Å². The fraction of sp³-hybridized carbons (Fsp3) is 0.519. The zero-order valence-corrected chi connectivity index (χ0v) is 21.1. The second-order valence-corrected chi connectivity index (χ2v) is 10.7. The number of carbonyl (C=O) groups excluding carboxylic acids is 3. The molecule has 0 aliphatic carbocycles. The van der Waals surface area contributed by atoms with E-state index in [1.54, 1.807) is 35.2 Å². The number of nitrogens with zero attached hydrogens (tertiary/aromatic N) is 2. The molecule has 2 saturated heterocycles. The molecule has 0 saturated carbocycles. The summed E-state index contributed by atoms with van der Waals surface area (Å²) < 4.78 is 12.0. The Labute approximate surface area is 215 Å². The number of hydrogen-bond acceptors (Lipinski definition) is 6. The van der Waals surface area contributed by atoms with E-state index < -0.39 is 41.6 Å². The summed E-state index contributed by atoms with van der Waals surface area (Å²) in [5.41, 5.74) is -0.724. The van der Waals surface area contributed by atoms with E-state index in [0.29, 0.717) is 23.6 Å². The number of aliphatic hydroxyl groups excluding tert-OH is 1. The van der Waals surface area contributed by atoms with Crippen LogP contribution in [0.5, 0.6) is 0 Å². The first-order valence-corrected chi connectivity index (χ1v) is 12.8. The minimum Gasteiger partial charge on any atom is -0.465 e. The van der Waals surface area contributed by atoms with Gasteiger partial charge in [-0.1, -0.05) is 49.8 Å². The van der Waals surface area contributed by atoms with Gasteiger partial charge in [0.2, 0.25) is 5.91 Å². The second kappa shape index (κ2) is 9.65. The van der Waals surface area contributed by atoms with Gasteiger partial charge >= 0.3 is 5.97 Å². The number of halogens is 1. The van der Waals surface area contributed by atoms with Gasteiger partial charge in [-0.3, -0.25) is 14.4 Å². The SMILES string of the molecule is CC(C)C[C@H](CO)N1C(=O)[C@@H]2[C@H]3C(=O)OCCC=C[C@H]3O[C@@]23C=CCN(c2ccc(Cl)cc2)C(=O)C13. The van der Waals surface area contributed by atoms with Crippen LogP contribution in [0.4, 0.5) is 5.69 Å². The molecule has 0 radical (unpaired) electrons. The third-order valence-electron chi connectivity index (χ3n) is 7.54. The van der Waals surface area contributed by atoms with Crippen molar-refractivity contribution in [1.29, 1.82) is 0 Å². The summed E-state index contributed by atoms with van der Waals surface area (Å²) in [5.74, 6) is -2.84. The minimum atomic E-state index is -1.36. The Morgan fingerprint density at radius 3 is 2.58 bits per heavy atom. The molecule has 1 N–H and O–H groups in total. The summed E-state index contributed by atoms with van der Waals surface area (Å²) >= 11 is 6.07. The Morgan fingerprint density at radius 1 is 1.14 bits per heavy atom. The van der Waals surface area contributed by atoms with E-state index in [0.717, 1.165) is 0 Å². The van der Waals surface area contributed by atoms with Gasteiger partial charge in [-0.15, -0.1) is 0 Å². The van der Waals surface area contributed by atoms with Crippen LogP contribution in [0.25, 0.3) is 0 Å². The van der Waals surface area contributed by atoms with E-state index >= 15 is 0 Å². The number of anilines is 1. The molecule has 2 fully saturated rings. The highest BCUT2D eigenvalue weighted by Crippen LogP contribution is 2.54. The molecule has 8 nitrogen and oxygen atoms in total. The maximum atomic E-state index is 14.3. The lowest BCUT2D eigenvalue weighted by atomic mass is 9.77. The van der Waals surface area contributed by atoms with Crippen LogP contribution in [-0.4, -0.2) is 71.3 Å². The summed E-state index contributed by atoms with van der Waals surface area (Å²) in [6, 6.07) is 5.28. The molecule has 4 heterocycles. The maximum Gasteiger partial charge on any atom is 0.312 e. The fourth-order valence-corrected chi connectivity index (χ4v) is 6.24. The molecular weight excluding hydrogens is 484 g/mol. The molecule has 5 rings (SSSR count). The van der Waals surface area contributed by atoms with E-state index in [-0.39, 0.29) is 37.5 Å². The highest BCUT2D eigenvalue weighted by Gasteiger charge is 2.72. The van der Waals surface area contributed by atoms with Gasteiger partial charge in [0.25, 0.3) is 5.91 Å². The lowest BCUT2D eigenvalue weighted by Crippen LogP contribution is -2.58. The molecule has 0 bridgehead atoms. The fourth-order valence-electron chi connectivity index (χ4n) is 6.11. The molecule has 1 spiro atoms. The van der Waals surface area contributed by atoms with Crippen LogP contribution in [-0.2, 0) is 23.9 Å². The quantitative estimate of drug-likeness (QED) is 0.479. The average molecular weight is 515 g/mol. The highest BCUT2D eigenvalue weighted by molar-refractivity contribution is 6.30. The molecule has 2 amide bonds. The van der Waals surface area contributed by atoms with E-state index in [1.165, 1.54) is 4.90 Å². The first-order chi connectivity index (χ1) is 17.3. The molecule has 9 heteroatoms. The summed E-state index contributed by atoms with van der Waals surface area (Å²) in [6.07, 6.45) is 7.66. The number of amides is 2. The zero-order valence-electron chi connectivity index (χ0n) is 20.4. The van der Waals surface area contributed by atoms with Crippen LogP contribution >= 0.6 is 11.6 Å². The number of fused-ring (bicyclic) bond motifs is 2. The van der Waals surface area contributed by atoms with Gasteiger partial charge in [-0.25, -0.2) is 0 Å². The summed E-state index contributed by atoms with van der Waals surface area (Å²) in [5, 5.41) is 10.9. The third-order valence-corrected chi connectivity index (χ3v) is 7.80. The van der Waals surface area contributed by atoms with Crippen LogP contribution in [0.15, 0.2) is 48.6 Å². The lowest BCUT2D eigenvalue weighted by molar-refractivity contribution is -0.155. The van der Waals surface area contributed by atoms with Crippen LogP contribution in [0, 0.1) is 17.8 Å². The molecular formula is C27H31ClN2O6. The van der Waals surface area contributed by atoms with Gasteiger partial charge in [0.1, 0.15) is 17.6 Å². The number of esters is 1. The van der Waals surface area contributed by atoms with Gasteiger partial charge in [0.15, 0.2) is 0 Å². The molecule has 0 aromatic heterocycles. The van der Waals surface area contributed by atoms with E-state index in [4.69, 9.17) is 21.1 Å². The van der Waals surface area contributed by atoms with E-state index in [1.807, 2.05) is 32.1 Å². The van der Waals surface area contributed by atoms with Gasteiger partial charge in [-0.2, -0.15) is 0 Å². The second-order valence-electron chi connectivity index (χ2n) is 10.3. The number of hydrogen-bond donors (Lipinski definition) is 1. The Kier molecular flexibility index (Phi) is 6.70. The minimum absolute atomic E-state index is 0.165. The van der Waals surface area contributed by atoms with Crippen molar-refractivity contribution in [3.63, 3.8) is 0 Å². The number of cyclic esters (lactones) is 1. The van der Waals surface area contributed by atoms with Crippen molar-refractivity contribution in [1.82, 2.24) is 4.90 Å². The Bertz CT molecular complexity index is 1100. The first kappa shape index (κ1) is 25.0. The van der Waals surface area contributed by atoms with Crippen LogP contribution in [0.1, 0.15) is 26.7 Å². The molecule has 1 aromatic rings. The number of aliphatic hydroxyl groups is 1. The van der Waals surface area contributed by atoms with Crippen LogP contribution in [0.3, 0.4) is 0 Å². The lowest BCUT2D eigenvalue weighted by Gasteiger charge is -2.39. The number of benzene rings is 1. The summed E-state index contributed by atoms with van der Waals surface area (Å²) in [6.45, 7) is 4.18. The average Bonchev–Trinajstić information content (AvgIpc) is 3.22. The van der Waals surface area contributed by atoms with Crippen molar-refractivity contribution in [3.05, 3.63) is 53.6 Å². The number of rotatable bonds is 5.